The number of carboxylic acid groups (broad SMARTS) is 1. The van der Waals surface area contributed by atoms with Crippen LogP contribution in [0.5, 0.6) is 5.75 Å². The van der Waals surface area contributed by atoms with Gasteiger partial charge in [0.1, 0.15) is 22.3 Å². The molecule has 1 fully saturated rings. The minimum atomic E-state index is -1.01. The van der Waals surface area contributed by atoms with Crippen molar-refractivity contribution in [2.24, 2.45) is 0 Å². The van der Waals surface area contributed by atoms with Crippen LogP contribution in [0.25, 0.3) is 21.2 Å². The van der Waals surface area contributed by atoms with E-state index in [1.807, 2.05) is 42.5 Å². The van der Waals surface area contributed by atoms with Crippen molar-refractivity contribution in [3.05, 3.63) is 81.7 Å². The maximum absolute atomic E-state index is 14.7. The molecule has 0 atom stereocenters. The molecule has 1 saturated carbocycles. The Balaban J connectivity index is 1.52. The van der Waals surface area contributed by atoms with Gasteiger partial charge in [0, 0.05) is 50.9 Å². The molecule has 0 spiro atoms. The number of rotatable bonds is 8. The van der Waals surface area contributed by atoms with Crippen molar-refractivity contribution in [2.45, 2.75) is 51.2 Å². The molecule has 0 unspecified atom stereocenters. The second kappa shape index (κ2) is 13.6. The summed E-state index contributed by atoms with van der Waals surface area (Å²) in [7, 11) is 4.78. The topological polar surface area (TPSA) is 90.4 Å². The lowest BCUT2D eigenvalue weighted by Gasteiger charge is -2.39. The molecule has 3 aromatic carbocycles. The van der Waals surface area contributed by atoms with E-state index in [1.54, 1.807) is 24.0 Å². The molecule has 4 aromatic rings. The van der Waals surface area contributed by atoms with Crippen LogP contribution >= 0.6 is 22.9 Å². The zero-order valence-corrected chi connectivity index (χ0v) is 27.4. The Hall–Kier alpha value is -4.22. The first-order valence-corrected chi connectivity index (χ1v) is 15.9. The summed E-state index contributed by atoms with van der Waals surface area (Å²) in [6.45, 7) is 1.60. The summed E-state index contributed by atoms with van der Waals surface area (Å²) in [4.78, 5) is 42.2. The smallest absolute Gasteiger partial charge is 0.407 e. The SMILES string of the molecule is COc1ccc(-c2ccc(N(C)C(C)=O)cc2)cc1CN(C(=O)c1sc2c(F)ccc(F)c2c1Cl)C1CCC(N(C)C(=O)O)CC1. The van der Waals surface area contributed by atoms with Crippen molar-refractivity contribution < 1.29 is 33.0 Å². The van der Waals surface area contributed by atoms with E-state index in [1.165, 1.54) is 18.9 Å². The molecule has 1 N–H and O–H groups in total. The van der Waals surface area contributed by atoms with E-state index in [0.717, 1.165) is 40.3 Å². The fourth-order valence-electron chi connectivity index (χ4n) is 5.97. The minimum absolute atomic E-state index is 0.0291. The molecule has 0 aliphatic heterocycles. The second-order valence-electron chi connectivity index (χ2n) is 11.4. The molecular weight excluding hydrogens is 636 g/mol. The Morgan fingerprint density at radius 2 is 1.54 bits per heavy atom. The highest BCUT2D eigenvalue weighted by Gasteiger charge is 2.35. The normalized spacial score (nSPS) is 16.2. The van der Waals surface area contributed by atoms with Gasteiger partial charge in [-0.15, -0.1) is 11.3 Å². The van der Waals surface area contributed by atoms with Crippen LogP contribution in [0, 0.1) is 11.6 Å². The van der Waals surface area contributed by atoms with Crippen LogP contribution in [-0.2, 0) is 11.3 Å². The summed E-state index contributed by atoms with van der Waals surface area (Å²) < 4.78 is 35.1. The molecule has 5 rings (SSSR count). The van der Waals surface area contributed by atoms with Crippen LogP contribution in [0.2, 0.25) is 5.02 Å². The van der Waals surface area contributed by atoms with Crippen molar-refractivity contribution in [3.63, 3.8) is 0 Å². The molecular formula is C34H34ClF2N3O5S. The summed E-state index contributed by atoms with van der Waals surface area (Å²) in [5.74, 6) is -1.38. The van der Waals surface area contributed by atoms with Gasteiger partial charge in [0.25, 0.3) is 5.91 Å². The maximum atomic E-state index is 14.7. The molecule has 0 bridgehead atoms. The number of benzene rings is 3. The molecule has 8 nitrogen and oxygen atoms in total. The van der Waals surface area contributed by atoms with Gasteiger partial charge in [-0.3, -0.25) is 9.59 Å². The van der Waals surface area contributed by atoms with E-state index in [2.05, 4.69) is 0 Å². The van der Waals surface area contributed by atoms with Gasteiger partial charge in [0.15, 0.2) is 0 Å². The van der Waals surface area contributed by atoms with Gasteiger partial charge in [-0.05, 0) is 73.2 Å². The first-order chi connectivity index (χ1) is 21.9. The van der Waals surface area contributed by atoms with Gasteiger partial charge in [-0.25, -0.2) is 13.6 Å². The van der Waals surface area contributed by atoms with Crippen molar-refractivity contribution >= 4 is 56.6 Å². The number of nitrogens with zero attached hydrogens (tertiary/aromatic N) is 3. The third-order valence-electron chi connectivity index (χ3n) is 8.77. The van der Waals surface area contributed by atoms with Gasteiger partial charge in [0.05, 0.1) is 22.2 Å². The highest BCUT2D eigenvalue weighted by Crippen LogP contribution is 2.41. The quantitative estimate of drug-likeness (QED) is 0.205. The van der Waals surface area contributed by atoms with Gasteiger partial charge in [0.2, 0.25) is 5.91 Å². The van der Waals surface area contributed by atoms with Crippen molar-refractivity contribution in [1.29, 1.82) is 0 Å². The number of anilines is 1. The molecule has 3 amide bonds. The number of methoxy groups -OCH3 is 1. The van der Waals surface area contributed by atoms with E-state index in [0.29, 0.717) is 37.0 Å². The standard InChI is InChI=1S/C34H34ClF2N3O5S/c1-19(41)38(2)23-8-5-20(6-9-23)21-7-16-28(45-4)22(17-21)18-40(25-12-10-24(11-13-25)39(3)34(43)44)33(42)32-30(35)29-26(36)14-15-27(37)31(29)46-32/h5-9,14-17,24-25H,10-13,18H2,1-4H3,(H,43,44). The number of halogens is 3. The summed E-state index contributed by atoms with van der Waals surface area (Å²) >= 11 is 7.39. The van der Waals surface area contributed by atoms with E-state index < -0.39 is 23.6 Å². The van der Waals surface area contributed by atoms with Crippen LogP contribution < -0.4 is 9.64 Å². The predicted molar refractivity (Wildman–Crippen MR) is 176 cm³/mol. The Bertz CT molecular complexity index is 1790. The molecule has 46 heavy (non-hydrogen) atoms. The van der Waals surface area contributed by atoms with E-state index >= 15 is 0 Å². The number of ether oxygens (including phenoxy) is 1. The molecule has 1 heterocycles. The number of amides is 3. The van der Waals surface area contributed by atoms with Gasteiger partial charge >= 0.3 is 6.09 Å². The third kappa shape index (κ3) is 6.52. The molecule has 1 aliphatic carbocycles. The average molecular weight is 670 g/mol. The third-order valence-corrected chi connectivity index (χ3v) is 10.5. The fraction of sp³-hybridized carbons (Fsp3) is 0.324. The molecule has 0 saturated heterocycles. The summed E-state index contributed by atoms with van der Waals surface area (Å²) in [6, 6.07) is 14.7. The first kappa shape index (κ1) is 33.2. The monoisotopic (exact) mass is 669 g/mol. The van der Waals surface area contributed by atoms with Crippen LogP contribution in [0.1, 0.15) is 47.8 Å². The summed E-state index contributed by atoms with van der Waals surface area (Å²) in [6.07, 6.45) is 1.11. The summed E-state index contributed by atoms with van der Waals surface area (Å²) in [5, 5.41) is 9.22. The fourth-order valence-corrected chi connectivity index (χ4v) is 7.48. The Morgan fingerprint density at radius 1 is 0.935 bits per heavy atom. The Labute approximate surface area is 274 Å². The first-order valence-electron chi connectivity index (χ1n) is 14.8. The van der Waals surface area contributed by atoms with E-state index in [4.69, 9.17) is 16.3 Å². The number of fused-ring (bicyclic) bond motifs is 1. The van der Waals surface area contributed by atoms with E-state index in [-0.39, 0.29) is 44.5 Å². The largest absolute Gasteiger partial charge is 0.496 e. The average Bonchev–Trinajstić information content (AvgIpc) is 3.42. The number of carbonyl (C=O) groups is 3. The zero-order valence-electron chi connectivity index (χ0n) is 25.9. The Kier molecular flexibility index (Phi) is 9.83. The van der Waals surface area contributed by atoms with E-state index in [9.17, 15) is 28.3 Å². The minimum Gasteiger partial charge on any atom is -0.496 e. The highest BCUT2D eigenvalue weighted by atomic mass is 35.5. The van der Waals surface area contributed by atoms with Gasteiger partial charge in [-0.1, -0.05) is 29.8 Å². The van der Waals surface area contributed by atoms with Crippen molar-refractivity contribution in [1.82, 2.24) is 9.80 Å². The second-order valence-corrected chi connectivity index (χ2v) is 12.8. The summed E-state index contributed by atoms with van der Waals surface area (Å²) in [5.41, 5.74) is 3.20. The molecule has 242 valence electrons. The lowest BCUT2D eigenvalue weighted by molar-refractivity contribution is -0.116. The molecule has 0 radical (unpaired) electrons. The lowest BCUT2D eigenvalue weighted by atomic mass is 9.89. The van der Waals surface area contributed by atoms with Crippen LogP contribution in [-0.4, -0.2) is 66.1 Å². The zero-order chi connectivity index (χ0) is 33.3. The highest BCUT2D eigenvalue weighted by molar-refractivity contribution is 7.21. The number of hydrogen-bond donors (Lipinski definition) is 1. The number of thiophene rings is 1. The number of carbonyl (C=O) groups excluding carboxylic acids is 2. The molecule has 12 heteroatoms. The number of hydrogen-bond acceptors (Lipinski definition) is 5. The lowest BCUT2D eigenvalue weighted by Crippen LogP contribution is -2.46. The van der Waals surface area contributed by atoms with Crippen molar-refractivity contribution in [2.75, 3.05) is 26.1 Å². The van der Waals surface area contributed by atoms with Crippen LogP contribution in [0.15, 0.2) is 54.6 Å². The Morgan fingerprint density at radius 3 is 2.13 bits per heavy atom. The molecule has 1 aliphatic rings. The van der Waals surface area contributed by atoms with Crippen molar-refractivity contribution in [3.8, 4) is 16.9 Å². The maximum Gasteiger partial charge on any atom is 0.407 e. The predicted octanol–water partition coefficient (Wildman–Crippen LogP) is 8.05. The van der Waals surface area contributed by atoms with Gasteiger partial charge < -0.3 is 24.5 Å². The van der Waals surface area contributed by atoms with Crippen LogP contribution in [0.3, 0.4) is 0 Å². The van der Waals surface area contributed by atoms with Gasteiger partial charge in [-0.2, -0.15) is 0 Å². The molecule has 1 aromatic heterocycles. The van der Waals surface area contributed by atoms with Crippen LogP contribution in [0.4, 0.5) is 19.3 Å².